The van der Waals surface area contributed by atoms with Crippen LogP contribution in [0.4, 0.5) is 0 Å². The first-order valence-corrected chi connectivity index (χ1v) is 8.36. The van der Waals surface area contributed by atoms with Crippen LogP contribution in [0.25, 0.3) is 10.9 Å². The summed E-state index contributed by atoms with van der Waals surface area (Å²) in [7, 11) is 0. The smallest absolute Gasteiger partial charge is 0.326 e. The molecule has 0 spiro atoms. The number of carbonyl (C=O) groups is 1. The third-order valence-corrected chi connectivity index (χ3v) is 5.36. The zero-order chi connectivity index (χ0) is 15.1. The number of thioether (sulfide) groups is 1. The van der Waals surface area contributed by atoms with Gasteiger partial charge in [0.25, 0.3) is 0 Å². The average Bonchev–Trinajstić information content (AvgIpc) is 2.85. The summed E-state index contributed by atoms with van der Waals surface area (Å²) in [4.78, 5) is 16.9. The largest absolute Gasteiger partial charge is 0.480 e. The quantitative estimate of drug-likeness (QED) is 0.790. The predicted molar refractivity (Wildman–Crippen MR) is 89.8 cm³/mol. The molecule has 3 rings (SSSR count). The lowest BCUT2D eigenvalue weighted by atomic mass is 9.93. The maximum atomic E-state index is 11.7. The van der Waals surface area contributed by atoms with Gasteiger partial charge < -0.3 is 15.0 Å². The van der Waals surface area contributed by atoms with Gasteiger partial charge in [0.15, 0.2) is 0 Å². The van der Waals surface area contributed by atoms with E-state index in [4.69, 9.17) is 12.2 Å². The molecule has 4 nitrogen and oxygen atoms in total. The van der Waals surface area contributed by atoms with Gasteiger partial charge in [-0.3, -0.25) is 0 Å². The molecule has 2 aromatic rings. The lowest BCUT2D eigenvalue weighted by Crippen LogP contribution is -2.49. The van der Waals surface area contributed by atoms with Gasteiger partial charge in [-0.25, -0.2) is 4.79 Å². The zero-order valence-corrected chi connectivity index (χ0v) is 13.4. The molecule has 2 heterocycles. The van der Waals surface area contributed by atoms with Crippen LogP contribution < -0.4 is 0 Å². The van der Waals surface area contributed by atoms with Gasteiger partial charge in [-0.1, -0.05) is 30.4 Å². The Morgan fingerprint density at radius 1 is 1.48 bits per heavy atom. The maximum Gasteiger partial charge on any atom is 0.326 e. The van der Waals surface area contributed by atoms with Crippen LogP contribution in [0, 0.1) is 0 Å². The van der Waals surface area contributed by atoms with Crippen molar-refractivity contribution in [2.75, 3.05) is 6.26 Å². The molecule has 0 bridgehead atoms. The van der Waals surface area contributed by atoms with Crippen LogP contribution in [0.5, 0.6) is 0 Å². The zero-order valence-electron chi connectivity index (χ0n) is 11.8. The van der Waals surface area contributed by atoms with Crippen LogP contribution in [-0.4, -0.2) is 37.6 Å². The van der Waals surface area contributed by atoms with Gasteiger partial charge in [-0.05, 0) is 24.8 Å². The van der Waals surface area contributed by atoms with E-state index in [2.05, 4.69) is 4.98 Å². The molecule has 2 N–H and O–H groups in total. The number of hydrogen-bond donors (Lipinski definition) is 2. The molecule has 21 heavy (non-hydrogen) atoms. The highest BCUT2D eigenvalue weighted by Crippen LogP contribution is 2.38. The monoisotopic (exact) mass is 320 g/mol. The van der Waals surface area contributed by atoms with Gasteiger partial charge in [0.2, 0.25) is 0 Å². The van der Waals surface area contributed by atoms with Crippen LogP contribution in [0.2, 0.25) is 0 Å². The van der Waals surface area contributed by atoms with Gasteiger partial charge in [-0.15, -0.1) is 11.8 Å². The number of benzene rings is 1. The number of nitrogens with one attached hydrogen (secondary N) is 1. The number of aliphatic carboxylic acids is 1. The lowest BCUT2D eigenvalue weighted by Gasteiger charge is -2.39. The molecule has 6 heteroatoms. The van der Waals surface area contributed by atoms with E-state index in [1.165, 1.54) is 11.8 Å². The summed E-state index contributed by atoms with van der Waals surface area (Å²) < 4.78 is 0.624. The molecule has 0 saturated heterocycles. The standard InChI is InChI=1S/C15H16N2O2S2/c1-8-13-10(9-5-3-4-6-11(9)16-13)7-12(14(18)19)17(8)15(20)21-2/h3-6,8,12,16H,7H2,1-2H3,(H,18,19)/t8-,12-/m0/s1. The third kappa shape index (κ3) is 2.22. The van der Waals surface area contributed by atoms with Crippen LogP contribution in [0.3, 0.4) is 0 Å². The van der Waals surface area contributed by atoms with E-state index in [9.17, 15) is 9.90 Å². The predicted octanol–water partition coefficient (Wildman–Crippen LogP) is 3.19. The molecule has 0 saturated carbocycles. The molecule has 0 aliphatic carbocycles. The van der Waals surface area contributed by atoms with E-state index < -0.39 is 12.0 Å². The van der Waals surface area contributed by atoms with Gasteiger partial charge in [-0.2, -0.15) is 0 Å². The van der Waals surface area contributed by atoms with E-state index in [0.29, 0.717) is 10.7 Å². The Labute approximate surface area is 132 Å². The van der Waals surface area contributed by atoms with Gasteiger partial charge in [0.1, 0.15) is 10.4 Å². The molecule has 0 unspecified atom stereocenters. The van der Waals surface area contributed by atoms with Crippen molar-refractivity contribution in [3.05, 3.63) is 35.5 Å². The van der Waals surface area contributed by atoms with Gasteiger partial charge >= 0.3 is 5.97 Å². The summed E-state index contributed by atoms with van der Waals surface area (Å²) in [6.45, 7) is 2.01. The first-order chi connectivity index (χ1) is 10.0. The Morgan fingerprint density at radius 2 is 2.19 bits per heavy atom. The van der Waals surface area contributed by atoms with Crippen molar-refractivity contribution >= 4 is 45.2 Å². The van der Waals surface area contributed by atoms with Crippen LogP contribution >= 0.6 is 24.0 Å². The van der Waals surface area contributed by atoms with E-state index in [1.54, 1.807) is 0 Å². The normalized spacial score (nSPS) is 21.3. The topological polar surface area (TPSA) is 56.3 Å². The number of aromatic nitrogens is 1. The Morgan fingerprint density at radius 3 is 2.86 bits per heavy atom. The van der Waals surface area contributed by atoms with Crippen LogP contribution in [-0.2, 0) is 11.2 Å². The second-order valence-electron chi connectivity index (χ2n) is 5.17. The fraction of sp³-hybridized carbons (Fsp3) is 0.333. The van der Waals surface area contributed by atoms with Crippen molar-refractivity contribution in [1.82, 2.24) is 9.88 Å². The number of nitrogens with zero attached hydrogens (tertiary/aromatic N) is 1. The van der Waals surface area contributed by atoms with Crippen molar-refractivity contribution in [3.63, 3.8) is 0 Å². The molecule has 0 fully saturated rings. The van der Waals surface area contributed by atoms with Crippen molar-refractivity contribution in [2.24, 2.45) is 0 Å². The molecular weight excluding hydrogens is 304 g/mol. The minimum absolute atomic E-state index is 0.0674. The average molecular weight is 320 g/mol. The number of H-pyrrole nitrogens is 1. The summed E-state index contributed by atoms with van der Waals surface area (Å²) >= 11 is 6.79. The fourth-order valence-electron chi connectivity index (χ4n) is 3.10. The number of aromatic amines is 1. The fourth-order valence-corrected chi connectivity index (χ4v) is 3.88. The number of para-hydroxylation sites is 1. The van der Waals surface area contributed by atoms with Crippen LogP contribution in [0.1, 0.15) is 24.2 Å². The van der Waals surface area contributed by atoms with Gasteiger partial charge in [0.05, 0.1) is 6.04 Å². The maximum absolute atomic E-state index is 11.7. The molecular formula is C15H16N2O2S2. The molecule has 1 aromatic carbocycles. The summed E-state index contributed by atoms with van der Waals surface area (Å²) in [6.07, 6.45) is 2.36. The molecule has 2 atom stereocenters. The molecule has 110 valence electrons. The number of fused-ring (bicyclic) bond motifs is 3. The van der Waals surface area contributed by atoms with Crippen LogP contribution in [0.15, 0.2) is 24.3 Å². The molecule has 1 aromatic heterocycles. The Bertz CT molecular complexity index is 726. The highest BCUT2D eigenvalue weighted by Gasteiger charge is 2.39. The van der Waals surface area contributed by atoms with Gasteiger partial charge in [0, 0.05) is 23.0 Å². The number of hydrogen-bond acceptors (Lipinski definition) is 3. The first kappa shape index (κ1) is 14.4. The number of thiocarbonyl (C=S) groups is 1. The van der Waals surface area contributed by atoms with Crippen molar-refractivity contribution in [2.45, 2.75) is 25.4 Å². The van der Waals surface area contributed by atoms with E-state index in [1.807, 2.05) is 42.3 Å². The van der Waals surface area contributed by atoms with E-state index in [-0.39, 0.29) is 6.04 Å². The Kier molecular flexibility index (Phi) is 3.67. The van der Waals surface area contributed by atoms with E-state index >= 15 is 0 Å². The lowest BCUT2D eigenvalue weighted by molar-refractivity contribution is -0.142. The van der Waals surface area contributed by atoms with E-state index in [0.717, 1.165) is 22.2 Å². The highest BCUT2D eigenvalue weighted by molar-refractivity contribution is 8.22. The number of rotatable bonds is 1. The molecule has 0 amide bonds. The SMILES string of the molecule is CSC(=S)N1[C@H](C(=O)O)Cc2c([nH]c3ccccc23)[C@@H]1C. The third-order valence-electron chi connectivity index (χ3n) is 4.09. The highest BCUT2D eigenvalue weighted by atomic mass is 32.2. The molecule has 0 radical (unpaired) electrons. The number of carboxylic acid groups (broad SMARTS) is 1. The second kappa shape index (κ2) is 5.35. The summed E-state index contributed by atoms with van der Waals surface area (Å²) in [5.74, 6) is -0.825. The molecule has 1 aliphatic rings. The van der Waals surface area contributed by atoms with Crippen molar-refractivity contribution < 1.29 is 9.90 Å². The first-order valence-electron chi connectivity index (χ1n) is 6.73. The summed E-state index contributed by atoms with van der Waals surface area (Å²) in [5, 5.41) is 10.7. The second-order valence-corrected chi connectivity index (χ2v) is 6.61. The minimum atomic E-state index is -0.825. The van der Waals surface area contributed by atoms with Crippen molar-refractivity contribution in [1.29, 1.82) is 0 Å². The Balaban J connectivity index is 2.16. The minimum Gasteiger partial charge on any atom is -0.480 e. The summed E-state index contributed by atoms with van der Waals surface area (Å²) in [6, 6.07) is 7.35. The van der Waals surface area contributed by atoms with Crippen molar-refractivity contribution in [3.8, 4) is 0 Å². The Hall–Kier alpha value is -1.53. The molecule has 1 aliphatic heterocycles. The summed E-state index contributed by atoms with van der Waals surface area (Å²) in [5.41, 5.74) is 3.23. The number of carboxylic acids is 1.